The van der Waals surface area contributed by atoms with Gasteiger partial charge in [0.1, 0.15) is 0 Å². The van der Waals surface area contributed by atoms with Crippen molar-refractivity contribution < 1.29 is 8.78 Å². The van der Waals surface area contributed by atoms with Gasteiger partial charge in [0.05, 0.1) is 0 Å². The molecule has 19 heavy (non-hydrogen) atoms. The average molecular weight is 270 g/mol. The van der Waals surface area contributed by atoms with Crippen molar-refractivity contribution in [3.05, 3.63) is 23.8 Å². The van der Waals surface area contributed by atoms with Gasteiger partial charge < -0.3 is 11.1 Å². The smallest absolute Gasteiger partial charge is 0.265 e. The number of unbranched alkanes of at least 4 members (excludes halogenated alkanes) is 5. The molecule has 0 fully saturated rings. The summed E-state index contributed by atoms with van der Waals surface area (Å²) in [6, 6.07) is 4.62. The summed E-state index contributed by atoms with van der Waals surface area (Å²) in [6.45, 7) is 2.92. The summed E-state index contributed by atoms with van der Waals surface area (Å²) in [6.07, 6.45) is 4.67. The number of anilines is 2. The molecule has 2 nitrogen and oxygen atoms in total. The third-order valence-electron chi connectivity index (χ3n) is 3.16. The highest BCUT2D eigenvalue weighted by Crippen LogP contribution is 2.28. The average Bonchev–Trinajstić information content (AvgIpc) is 2.39. The second-order valence-corrected chi connectivity index (χ2v) is 4.84. The SMILES string of the molecule is CCCCCCCCNc1ccc(N)cc1C(F)F. The Balaban J connectivity index is 2.33. The molecular formula is C15H24F2N2. The molecule has 4 heteroatoms. The van der Waals surface area contributed by atoms with E-state index in [0.29, 0.717) is 11.4 Å². The van der Waals surface area contributed by atoms with E-state index in [1.165, 1.54) is 31.7 Å². The van der Waals surface area contributed by atoms with Gasteiger partial charge >= 0.3 is 0 Å². The minimum atomic E-state index is -2.49. The number of benzene rings is 1. The lowest BCUT2D eigenvalue weighted by molar-refractivity contribution is 0.152. The van der Waals surface area contributed by atoms with Crippen LogP contribution in [0.3, 0.4) is 0 Å². The van der Waals surface area contributed by atoms with Crippen molar-refractivity contribution in [1.82, 2.24) is 0 Å². The first-order valence-corrected chi connectivity index (χ1v) is 7.06. The molecule has 1 rings (SSSR count). The van der Waals surface area contributed by atoms with Gasteiger partial charge in [-0.3, -0.25) is 0 Å². The summed E-state index contributed by atoms with van der Waals surface area (Å²) in [5.74, 6) is 0. The number of halogens is 2. The zero-order chi connectivity index (χ0) is 14.1. The Morgan fingerprint density at radius 3 is 2.47 bits per heavy atom. The van der Waals surface area contributed by atoms with E-state index >= 15 is 0 Å². The molecular weight excluding hydrogens is 246 g/mol. The molecule has 0 saturated heterocycles. The van der Waals surface area contributed by atoms with Crippen LogP contribution in [0.4, 0.5) is 20.2 Å². The fraction of sp³-hybridized carbons (Fsp3) is 0.600. The molecule has 0 spiro atoms. The molecule has 0 amide bonds. The quantitative estimate of drug-likeness (QED) is 0.490. The van der Waals surface area contributed by atoms with Crippen molar-refractivity contribution in [3.8, 4) is 0 Å². The number of nitrogen functional groups attached to an aromatic ring is 1. The van der Waals surface area contributed by atoms with Crippen LogP contribution >= 0.6 is 0 Å². The first-order chi connectivity index (χ1) is 9.15. The van der Waals surface area contributed by atoms with E-state index in [9.17, 15) is 8.78 Å². The lowest BCUT2D eigenvalue weighted by atomic mass is 10.1. The van der Waals surface area contributed by atoms with Crippen LogP contribution in [0.2, 0.25) is 0 Å². The van der Waals surface area contributed by atoms with Gasteiger partial charge in [-0.05, 0) is 24.6 Å². The lowest BCUT2D eigenvalue weighted by Crippen LogP contribution is -2.05. The summed E-state index contributed by atoms with van der Waals surface area (Å²) >= 11 is 0. The van der Waals surface area contributed by atoms with E-state index in [4.69, 9.17) is 5.73 Å². The second-order valence-electron chi connectivity index (χ2n) is 4.84. The van der Waals surface area contributed by atoms with Gasteiger partial charge in [-0.1, -0.05) is 39.0 Å². The summed E-state index contributed by atoms with van der Waals surface area (Å²) in [5, 5.41) is 3.08. The monoisotopic (exact) mass is 270 g/mol. The normalized spacial score (nSPS) is 10.9. The molecule has 0 unspecified atom stereocenters. The van der Waals surface area contributed by atoms with Crippen molar-refractivity contribution in [2.75, 3.05) is 17.6 Å². The van der Waals surface area contributed by atoms with E-state index in [0.717, 1.165) is 19.4 Å². The van der Waals surface area contributed by atoms with Crippen LogP contribution in [-0.4, -0.2) is 6.54 Å². The first-order valence-electron chi connectivity index (χ1n) is 7.06. The van der Waals surface area contributed by atoms with Gasteiger partial charge in [0.25, 0.3) is 6.43 Å². The fourth-order valence-corrected chi connectivity index (χ4v) is 2.05. The molecule has 0 aliphatic heterocycles. The Labute approximate surface area is 114 Å². The molecule has 0 bridgehead atoms. The minimum Gasteiger partial charge on any atom is -0.399 e. The molecule has 0 aromatic heterocycles. The topological polar surface area (TPSA) is 38.0 Å². The fourth-order valence-electron chi connectivity index (χ4n) is 2.05. The summed E-state index contributed by atoms with van der Waals surface area (Å²) < 4.78 is 25.7. The van der Waals surface area contributed by atoms with E-state index in [1.807, 2.05) is 0 Å². The van der Waals surface area contributed by atoms with Crippen LogP contribution in [-0.2, 0) is 0 Å². The maximum Gasteiger partial charge on any atom is 0.265 e. The highest BCUT2D eigenvalue weighted by molar-refractivity contribution is 5.58. The first kappa shape index (κ1) is 15.7. The van der Waals surface area contributed by atoms with Crippen molar-refractivity contribution in [2.24, 2.45) is 0 Å². The van der Waals surface area contributed by atoms with E-state index in [2.05, 4.69) is 12.2 Å². The van der Waals surface area contributed by atoms with Gasteiger partial charge in [0.15, 0.2) is 0 Å². The molecule has 0 aliphatic rings. The zero-order valence-electron chi connectivity index (χ0n) is 11.6. The Kier molecular flexibility index (Phi) is 7.23. The van der Waals surface area contributed by atoms with Crippen LogP contribution in [0.5, 0.6) is 0 Å². The van der Waals surface area contributed by atoms with Crippen molar-refractivity contribution in [1.29, 1.82) is 0 Å². The van der Waals surface area contributed by atoms with Crippen LogP contribution in [0.1, 0.15) is 57.4 Å². The number of alkyl halides is 2. The molecule has 0 radical (unpaired) electrons. The van der Waals surface area contributed by atoms with Crippen LogP contribution in [0, 0.1) is 0 Å². The maximum absolute atomic E-state index is 12.8. The molecule has 108 valence electrons. The van der Waals surface area contributed by atoms with Crippen LogP contribution in [0.25, 0.3) is 0 Å². The van der Waals surface area contributed by atoms with Crippen LogP contribution in [0.15, 0.2) is 18.2 Å². The van der Waals surface area contributed by atoms with Gasteiger partial charge in [-0.15, -0.1) is 0 Å². The highest BCUT2D eigenvalue weighted by atomic mass is 19.3. The number of hydrogen-bond donors (Lipinski definition) is 2. The molecule has 0 heterocycles. The summed E-state index contributed by atoms with van der Waals surface area (Å²) in [7, 11) is 0. The van der Waals surface area contributed by atoms with E-state index in [1.54, 1.807) is 12.1 Å². The Hall–Kier alpha value is -1.32. The highest BCUT2D eigenvalue weighted by Gasteiger charge is 2.12. The predicted octanol–water partition coefficient (Wildman–Crippen LogP) is 4.98. The van der Waals surface area contributed by atoms with E-state index in [-0.39, 0.29) is 5.56 Å². The summed E-state index contributed by atoms with van der Waals surface area (Å²) in [4.78, 5) is 0. The minimum absolute atomic E-state index is 0.00835. The Morgan fingerprint density at radius 1 is 1.11 bits per heavy atom. The van der Waals surface area contributed by atoms with Crippen molar-refractivity contribution in [2.45, 2.75) is 51.9 Å². The van der Waals surface area contributed by atoms with Crippen LogP contribution < -0.4 is 11.1 Å². The molecule has 1 aromatic rings. The van der Waals surface area contributed by atoms with Crippen molar-refractivity contribution >= 4 is 11.4 Å². The number of nitrogens with one attached hydrogen (secondary N) is 1. The number of hydrogen-bond acceptors (Lipinski definition) is 2. The van der Waals surface area contributed by atoms with Gasteiger partial charge in [0.2, 0.25) is 0 Å². The maximum atomic E-state index is 12.8. The largest absolute Gasteiger partial charge is 0.399 e. The molecule has 0 atom stereocenters. The van der Waals surface area contributed by atoms with E-state index < -0.39 is 6.43 Å². The van der Waals surface area contributed by atoms with Gasteiger partial charge in [-0.25, -0.2) is 8.78 Å². The van der Waals surface area contributed by atoms with Gasteiger partial charge in [-0.2, -0.15) is 0 Å². The standard InChI is InChI=1S/C15H24F2N2/c1-2-3-4-5-6-7-10-19-14-9-8-12(18)11-13(14)15(16)17/h8-9,11,15,19H,2-7,10,18H2,1H3. The second kappa shape index (κ2) is 8.73. The molecule has 0 saturated carbocycles. The lowest BCUT2D eigenvalue weighted by Gasteiger charge is -2.12. The molecule has 1 aromatic carbocycles. The van der Waals surface area contributed by atoms with Crippen molar-refractivity contribution in [3.63, 3.8) is 0 Å². The Morgan fingerprint density at radius 2 is 1.79 bits per heavy atom. The molecule has 0 aliphatic carbocycles. The third-order valence-corrected chi connectivity index (χ3v) is 3.16. The zero-order valence-corrected chi connectivity index (χ0v) is 11.6. The summed E-state index contributed by atoms with van der Waals surface area (Å²) in [5.41, 5.74) is 6.39. The molecule has 3 N–H and O–H groups in total. The third kappa shape index (κ3) is 5.90. The number of rotatable bonds is 9. The van der Waals surface area contributed by atoms with Gasteiger partial charge in [0, 0.05) is 23.5 Å². The number of nitrogens with two attached hydrogens (primary N) is 1. The Bertz CT molecular complexity index is 367. The predicted molar refractivity (Wildman–Crippen MR) is 77.7 cm³/mol.